The Kier molecular flexibility index (Phi) is 6.19. The van der Waals surface area contributed by atoms with Crippen molar-refractivity contribution in [3.8, 4) is 11.3 Å². The molecule has 0 amide bonds. The molecule has 26 heavy (non-hydrogen) atoms. The van der Waals surface area contributed by atoms with E-state index in [0.717, 1.165) is 27.3 Å². The highest BCUT2D eigenvalue weighted by Crippen LogP contribution is 2.26. The number of nitrogens with one attached hydrogen (secondary N) is 2. The van der Waals surface area contributed by atoms with Crippen LogP contribution in [0.15, 0.2) is 51.4 Å². The van der Waals surface area contributed by atoms with Crippen molar-refractivity contribution in [1.29, 1.82) is 0 Å². The van der Waals surface area contributed by atoms with E-state index in [0.29, 0.717) is 27.5 Å². The summed E-state index contributed by atoms with van der Waals surface area (Å²) in [6.07, 6.45) is 0. The van der Waals surface area contributed by atoms with E-state index in [-0.39, 0.29) is 0 Å². The molecule has 8 heteroatoms. The van der Waals surface area contributed by atoms with Gasteiger partial charge in [-0.05, 0) is 77.5 Å². The van der Waals surface area contributed by atoms with Crippen molar-refractivity contribution >= 4 is 62.3 Å². The second-order valence-corrected chi connectivity index (χ2v) is 7.57. The zero-order valence-electron chi connectivity index (χ0n) is 13.6. The van der Waals surface area contributed by atoms with Crippen molar-refractivity contribution in [2.45, 2.75) is 13.5 Å². The van der Waals surface area contributed by atoms with Gasteiger partial charge in [0.05, 0.1) is 17.3 Å². The molecule has 0 aliphatic rings. The topological polar surface area (TPSA) is 50.1 Å². The largest absolute Gasteiger partial charge is 0.459 e. The number of hydrogen-bond donors (Lipinski definition) is 2. The van der Waals surface area contributed by atoms with Gasteiger partial charge in [-0.15, -0.1) is 0 Å². The summed E-state index contributed by atoms with van der Waals surface area (Å²) < 4.78 is 6.67. The summed E-state index contributed by atoms with van der Waals surface area (Å²) in [6.45, 7) is 2.32. The van der Waals surface area contributed by atoms with Gasteiger partial charge in [0, 0.05) is 15.1 Å². The number of halogens is 3. The van der Waals surface area contributed by atoms with Gasteiger partial charge < -0.3 is 15.1 Å². The van der Waals surface area contributed by atoms with E-state index < -0.39 is 0 Å². The van der Waals surface area contributed by atoms with Gasteiger partial charge in [-0.25, -0.2) is 4.98 Å². The maximum Gasteiger partial charge on any atom is 0.172 e. The minimum atomic E-state index is 0.408. The zero-order valence-corrected chi connectivity index (χ0v) is 17.6. The second-order valence-electron chi connectivity index (χ2n) is 5.47. The first-order valence-electron chi connectivity index (χ1n) is 7.64. The number of furan rings is 1. The number of aromatic nitrogens is 1. The molecule has 1 aromatic carbocycles. The van der Waals surface area contributed by atoms with Crippen molar-refractivity contribution in [3.05, 3.63) is 68.4 Å². The molecule has 0 aliphatic heterocycles. The molecule has 0 saturated carbocycles. The highest BCUT2D eigenvalue weighted by Gasteiger charge is 2.09. The third-order valence-corrected chi connectivity index (χ3v) is 5.14. The molecule has 0 atom stereocenters. The predicted octanol–water partition coefficient (Wildman–Crippen LogP) is 6.21. The Labute approximate surface area is 175 Å². The van der Waals surface area contributed by atoms with Gasteiger partial charge in [0.15, 0.2) is 10.9 Å². The van der Waals surface area contributed by atoms with Gasteiger partial charge in [0.2, 0.25) is 0 Å². The van der Waals surface area contributed by atoms with E-state index in [1.54, 1.807) is 6.07 Å². The quantitative estimate of drug-likeness (QED) is 0.444. The molecule has 2 N–H and O–H groups in total. The molecule has 0 spiro atoms. The lowest BCUT2D eigenvalue weighted by Gasteiger charge is -2.11. The number of rotatable bonds is 4. The van der Waals surface area contributed by atoms with Crippen molar-refractivity contribution in [3.63, 3.8) is 0 Å². The first-order chi connectivity index (χ1) is 12.4. The summed E-state index contributed by atoms with van der Waals surface area (Å²) >= 11 is 20.8. The van der Waals surface area contributed by atoms with E-state index in [4.69, 9.17) is 39.8 Å². The minimum absolute atomic E-state index is 0.408. The summed E-state index contributed by atoms with van der Waals surface area (Å²) in [5.74, 6) is 2.03. The second kappa shape index (κ2) is 8.39. The van der Waals surface area contributed by atoms with Crippen molar-refractivity contribution < 1.29 is 4.42 Å². The van der Waals surface area contributed by atoms with Crippen LogP contribution in [0.5, 0.6) is 0 Å². The maximum atomic E-state index is 6.17. The average molecular weight is 471 g/mol. The van der Waals surface area contributed by atoms with Gasteiger partial charge in [0.25, 0.3) is 0 Å². The molecule has 0 aliphatic carbocycles. The summed E-state index contributed by atoms with van der Waals surface area (Å²) in [5, 5.41) is 7.65. The molecule has 0 fully saturated rings. The Morgan fingerprint density at radius 1 is 1.19 bits per heavy atom. The van der Waals surface area contributed by atoms with E-state index in [9.17, 15) is 0 Å². The maximum absolute atomic E-state index is 6.17. The Hall–Kier alpha value is -1.60. The van der Waals surface area contributed by atoms with Crippen molar-refractivity contribution in [1.82, 2.24) is 10.3 Å². The number of benzene rings is 1. The van der Waals surface area contributed by atoms with Crippen LogP contribution in [0.2, 0.25) is 10.0 Å². The Balaban J connectivity index is 1.60. The monoisotopic (exact) mass is 469 g/mol. The van der Waals surface area contributed by atoms with E-state index in [1.807, 2.05) is 43.3 Å². The Morgan fingerprint density at radius 3 is 2.65 bits per heavy atom. The number of pyridine rings is 1. The Morgan fingerprint density at radius 2 is 1.92 bits per heavy atom. The fraction of sp³-hybridized carbons (Fsp3) is 0.111. The van der Waals surface area contributed by atoms with Crippen LogP contribution >= 0.6 is 51.3 Å². The van der Waals surface area contributed by atoms with Gasteiger partial charge in [-0.3, -0.25) is 0 Å². The first-order valence-corrected chi connectivity index (χ1v) is 9.60. The average Bonchev–Trinajstić information content (AvgIpc) is 3.07. The zero-order chi connectivity index (χ0) is 18.7. The highest BCUT2D eigenvalue weighted by molar-refractivity contribution is 9.10. The lowest BCUT2D eigenvalue weighted by atomic mass is 10.2. The smallest absolute Gasteiger partial charge is 0.172 e. The molecule has 0 radical (unpaired) electrons. The SMILES string of the molecule is Cc1nc(NC(=S)NCc2ccc(-c3ccc(Cl)cc3)o2)c(Cl)cc1Br. The molecule has 3 rings (SSSR count). The van der Waals surface area contributed by atoms with Crippen LogP contribution in [0.1, 0.15) is 11.5 Å². The van der Waals surface area contributed by atoms with E-state index in [2.05, 4.69) is 31.5 Å². The van der Waals surface area contributed by atoms with E-state index in [1.165, 1.54) is 0 Å². The number of aryl methyl sites for hydroxylation is 1. The molecule has 4 nitrogen and oxygen atoms in total. The number of anilines is 1. The van der Waals surface area contributed by atoms with Gasteiger partial charge in [-0.2, -0.15) is 0 Å². The third kappa shape index (κ3) is 4.76. The standard InChI is InChI=1S/C18H14BrCl2N3OS/c1-10-14(19)8-15(21)17(23-10)24-18(26)22-9-13-6-7-16(25-13)11-2-4-12(20)5-3-11/h2-8H,9H2,1H3,(H2,22,23,24,26). The third-order valence-electron chi connectivity index (χ3n) is 3.55. The fourth-order valence-corrected chi connectivity index (χ4v) is 3.15. The van der Waals surface area contributed by atoms with Crippen molar-refractivity contribution in [2.75, 3.05) is 5.32 Å². The molecule has 134 valence electrons. The number of nitrogens with zero attached hydrogens (tertiary/aromatic N) is 1. The van der Waals surface area contributed by atoms with Crippen molar-refractivity contribution in [2.24, 2.45) is 0 Å². The molecular formula is C18H14BrCl2N3OS. The fourth-order valence-electron chi connectivity index (χ4n) is 2.21. The van der Waals surface area contributed by atoms with Crippen LogP contribution in [0, 0.1) is 6.92 Å². The number of thiocarbonyl (C=S) groups is 1. The minimum Gasteiger partial charge on any atom is -0.459 e. The van der Waals surface area contributed by atoms with Crippen LogP contribution in [-0.2, 0) is 6.54 Å². The first kappa shape index (κ1) is 19.2. The molecule has 0 saturated heterocycles. The molecule has 0 unspecified atom stereocenters. The van der Waals surface area contributed by atoms with Crippen LogP contribution in [0.4, 0.5) is 5.82 Å². The predicted molar refractivity (Wildman–Crippen MR) is 114 cm³/mol. The number of hydrogen-bond acceptors (Lipinski definition) is 3. The normalized spacial score (nSPS) is 10.6. The molecular weight excluding hydrogens is 457 g/mol. The molecule has 3 aromatic rings. The van der Waals surface area contributed by atoms with Crippen LogP contribution in [-0.4, -0.2) is 10.1 Å². The molecule has 2 heterocycles. The Bertz CT molecular complexity index is 944. The summed E-state index contributed by atoms with van der Waals surface area (Å²) in [5.41, 5.74) is 1.78. The highest BCUT2D eigenvalue weighted by atomic mass is 79.9. The molecule has 2 aromatic heterocycles. The van der Waals surface area contributed by atoms with Gasteiger partial charge >= 0.3 is 0 Å². The summed E-state index contributed by atoms with van der Waals surface area (Å²) in [6, 6.07) is 13.1. The van der Waals surface area contributed by atoms with Crippen LogP contribution < -0.4 is 10.6 Å². The van der Waals surface area contributed by atoms with Gasteiger partial charge in [-0.1, -0.05) is 23.2 Å². The molecule has 0 bridgehead atoms. The van der Waals surface area contributed by atoms with Gasteiger partial charge in [0.1, 0.15) is 11.5 Å². The lowest BCUT2D eigenvalue weighted by Crippen LogP contribution is -2.28. The summed E-state index contributed by atoms with van der Waals surface area (Å²) in [7, 11) is 0. The van der Waals surface area contributed by atoms with E-state index >= 15 is 0 Å². The van der Waals surface area contributed by atoms with Crippen LogP contribution in [0.25, 0.3) is 11.3 Å². The summed E-state index contributed by atoms with van der Waals surface area (Å²) in [4.78, 5) is 4.37. The lowest BCUT2D eigenvalue weighted by molar-refractivity contribution is 0.516. The van der Waals surface area contributed by atoms with Crippen LogP contribution in [0.3, 0.4) is 0 Å².